The van der Waals surface area contributed by atoms with Crippen LogP contribution in [0.4, 0.5) is 0 Å². The summed E-state index contributed by atoms with van der Waals surface area (Å²) in [5.74, 6) is 0. The molecule has 0 N–H and O–H groups in total. The SMILES string of the molecule is [N].[P].c1ccc2ocnc2c1. The number of oxazole rings is 1. The molecule has 0 unspecified atom stereocenters. The minimum Gasteiger partial charge on any atom is -0.443 e. The van der Waals surface area contributed by atoms with Crippen LogP contribution in [0.25, 0.3) is 11.1 Å². The van der Waals surface area contributed by atoms with Crippen LogP contribution in [0.3, 0.4) is 0 Å². The van der Waals surface area contributed by atoms with Gasteiger partial charge in [0.1, 0.15) is 5.52 Å². The molecule has 1 aromatic carbocycles. The molecule has 0 atom stereocenters. The molecule has 0 fully saturated rings. The number of benzene rings is 1. The lowest BCUT2D eigenvalue weighted by molar-refractivity contribution is 0.602. The van der Waals surface area contributed by atoms with E-state index in [1.807, 2.05) is 24.3 Å². The van der Waals surface area contributed by atoms with Gasteiger partial charge in [0.05, 0.1) is 0 Å². The lowest BCUT2D eigenvalue weighted by atomic mass is 10.3. The molecule has 0 bridgehead atoms. The summed E-state index contributed by atoms with van der Waals surface area (Å²) in [7, 11) is 0. The Morgan fingerprint density at radius 2 is 1.91 bits per heavy atom. The van der Waals surface area contributed by atoms with Gasteiger partial charge in [0.2, 0.25) is 0 Å². The predicted molar refractivity (Wildman–Crippen MR) is 43.1 cm³/mol. The Morgan fingerprint density at radius 1 is 1.18 bits per heavy atom. The first-order valence-electron chi connectivity index (χ1n) is 2.75. The van der Waals surface area contributed by atoms with Crippen molar-refractivity contribution in [2.24, 2.45) is 0 Å². The summed E-state index contributed by atoms with van der Waals surface area (Å²) in [5.41, 5.74) is 1.76. The van der Waals surface area contributed by atoms with Crippen LogP contribution in [-0.2, 0) is 0 Å². The fourth-order valence-corrected chi connectivity index (χ4v) is 0.803. The zero-order valence-corrected chi connectivity index (χ0v) is 6.53. The molecule has 0 spiro atoms. The van der Waals surface area contributed by atoms with E-state index in [1.54, 1.807) is 0 Å². The maximum absolute atomic E-state index is 5.01. The number of hydrogen-bond donors (Lipinski definition) is 0. The largest absolute Gasteiger partial charge is 0.443 e. The highest BCUT2D eigenvalue weighted by atomic mass is 31.0. The topological polar surface area (TPSA) is 56.5 Å². The molecule has 2 rings (SSSR count). The van der Waals surface area contributed by atoms with Gasteiger partial charge in [0.25, 0.3) is 0 Å². The summed E-state index contributed by atoms with van der Waals surface area (Å²) in [6.45, 7) is 0. The summed E-state index contributed by atoms with van der Waals surface area (Å²) in [4.78, 5) is 3.95. The standard InChI is InChI=1S/C7H5NO.N.P/c1-2-4-7-6(3-1)8-5-9-7;;/h1-5H;;. The highest BCUT2D eigenvalue weighted by Gasteiger charge is 1.91. The maximum Gasteiger partial charge on any atom is 0.181 e. The van der Waals surface area contributed by atoms with Gasteiger partial charge in [-0.05, 0) is 12.1 Å². The Bertz CT molecular complexity index is 290. The number of nitrogens with zero attached hydrogens (tertiary/aromatic N) is 2. The first-order valence-corrected chi connectivity index (χ1v) is 2.75. The lowest BCUT2D eigenvalue weighted by Crippen LogP contribution is -1.61. The van der Waals surface area contributed by atoms with Gasteiger partial charge >= 0.3 is 0 Å². The highest BCUT2D eigenvalue weighted by Crippen LogP contribution is 2.09. The second kappa shape index (κ2) is 4.06. The van der Waals surface area contributed by atoms with Crippen molar-refractivity contribution in [2.75, 3.05) is 0 Å². The molecule has 0 aliphatic rings. The van der Waals surface area contributed by atoms with Crippen molar-refractivity contribution >= 4 is 21.0 Å². The molecule has 6 radical (unpaired) electrons. The van der Waals surface area contributed by atoms with E-state index in [0.717, 1.165) is 11.1 Å². The molecular formula is C7H5N2OP. The minimum absolute atomic E-state index is 0. The van der Waals surface area contributed by atoms with Crippen LogP contribution in [0.15, 0.2) is 35.1 Å². The normalized spacial score (nSPS) is 8.36. The van der Waals surface area contributed by atoms with Crippen LogP contribution in [0.5, 0.6) is 0 Å². The molecule has 11 heavy (non-hydrogen) atoms. The second-order valence-corrected chi connectivity index (χ2v) is 1.82. The quantitative estimate of drug-likeness (QED) is 0.560. The summed E-state index contributed by atoms with van der Waals surface area (Å²) in [6.07, 6.45) is 1.45. The van der Waals surface area contributed by atoms with Gasteiger partial charge in [-0.25, -0.2) is 4.98 Å². The van der Waals surface area contributed by atoms with Crippen molar-refractivity contribution in [3.63, 3.8) is 0 Å². The van der Waals surface area contributed by atoms with E-state index in [9.17, 15) is 0 Å². The van der Waals surface area contributed by atoms with Gasteiger partial charge in [-0.1, -0.05) is 12.1 Å². The molecular weight excluding hydrogens is 159 g/mol. The van der Waals surface area contributed by atoms with Crippen molar-refractivity contribution in [3.8, 4) is 0 Å². The van der Waals surface area contributed by atoms with Gasteiger partial charge in [0.15, 0.2) is 12.0 Å². The average molecular weight is 164 g/mol. The van der Waals surface area contributed by atoms with Gasteiger partial charge in [0, 0.05) is 16.0 Å². The molecule has 1 aromatic heterocycles. The molecule has 0 saturated carbocycles. The smallest absolute Gasteiger partial charge is 0.181 e. The summed E-state index contributed by atoms with van der Waals surface area (Å²) >= 11 is 0. The van der Waals surface area contributed by atoms with E-state index in [2.05, 4.69) is 4.98 Å². The Labute approximate surface area is 68.0 Å². The zero-order valence-electron chi connectivity index (χ0n) is 5.64. The van der Waals surface area contributed by atoms with Crippen molar-refractivity contribution in [2.45, 2.75) is 0 Å². The van der Waals surface area contributed by atoms with Crippen molar-refractivity contribution in [1.29, 1.82) is 0 Å². The Balaban J connectivity index is 0.000000500. The summed E-state index contributed by atoms with van der Waals surface area (Å²) in [5, 5.41) is 0. The van der Waals surface area contributed by atoms with Crippen LogP contribution in [0.2, 0.25) is 0 Å². The summed E-state index contributed by atoms with van der Waals surface area (Å²) in [6, 6.07) is 7.67. The number of fused-ring (bicyclic) bond motifs is 1. The molecule has 1 heterocycles. The van der Waals surface area contributed by atoms with Crippen LogP contribution in [0.1, 0.15) is 0 Å². The van der Waals surface area contributed by atoms with E-state index in [-0.39, 0.29) is 16.0 Å². The van der Waals surface area contributed by atoms with E-state index >= 15 is 0 Å². The van der Waals surface area contributed by atoms with E-state index in [0.29, 0.717) is 0 Å². The molecule has 3 nitrogen and oxygen atoms in total. The number of para-hydroxylation sites is 2. The van der Waals surface area contributed by atoms with Gasteiger partial charge in [-0.3, -0.25) is 0 Å². The Kier molecular flexibility index (Phi) is 3.72. The van der Waals surface area contributed by atoms with Gasteiger partial charge in [-0.15, -0.1) is 0 Å². The Morgan fingerprint density at radius 3 is 2.64 bits per heavy atom. The molecule has 54 valence electrons. The molecule has 0 aliphatic carbocycles. The van der Waals surface area contributed by atoms with E-state index in [1.165, 1.54) is 6.39 Å². The van der Waals surface area contributed by atoms with E-state index < -0.39 is 0 Å². The van der Waals surface area contributed by atoms with Crippen molar-refractivity contribution in [1.82, 2.24) is 11.1 Å². The second-order valence-electron chi connectivity index (χ2n) is 1.82. The molecule has 0 saturated heterocycles. The van der Waals surface area contributed by atoms with Crippen LogP contribution in [-0.4, -0.2) is 4.98 Å². The van der Waals surface area contributed by atoms with Gasteiger partial charge in [-0.2, -0.15) is 0 Å². The van der Waals surface area contributed by atoms with Crippen LogP contribution in [0, 0.1) is 0 Å². The monoisotopic (exact) mass is 164 g/mol. The number of rotatable bonds is 0. The lowest BCUT2D eigenvalue weighted by Gasteiger charge is -1.79. The zero-order chi connectivity index (χ0) is 6.10. The fraction of sp³-hybridized carbons (Fsp3) is 0. The minimum atomic E-state index is 0. The third kappa shape index (κ3) is 1.76. The molecule has 0 amide bonds. The maximum atomic E-state index is 5.01. The molecule has 2 aromatic rings. The van der Waals surface area contributed by atoms with Gasteiger partial charge < -0.3 is 4.42 Å². The fourth-order valence-electron chi connectivity index (χ4n) is 0.803. The predicted octanol–water partition coefficient (Wildman–Crippen LogP) is 2.21. The average Bonchev–Trinajstić information content (AvgIpc) is 2.33. The number of aromatic nitrogens is 1. The summed E-state index contributed by atoms with van der Waals surface area (Å²) < 4.78 is 5.01. The van der Waals surface area contributed by atoms with Crippen LogP contribution >= 0.6 is 9.90 Å². The first kappa shape index (κ1) is 10.1. The van der Waals surface area contributed by atoms with Crippen LogP contribution < -0.4 is 6.15 Å². The van der Waals surface area contributed by atoms with Crippen molar-refractivity contribution in [3.05, 3.63) is 30.7 Å². The van der Waals surface area contributed by atoms with E-state index in [4.69, 9.17) is 4.42 Å². The first-order chi connectivity index (χ1) is 4.47. The van der Waals surface area contributed by atoms with Crippen molar-refractivity contribution < 1.29 is 4.42 Å². The molecule has 4 heteroatoms. The molecule has 0 aliphatic heterocycles. The highest BCUT2D eigenvalue weighted by molar-refractivity contribution is 6.92. The third-order valence-corrected chi connectivity index (χ3v) is 1.24. The number of hydrogen-bond acceptors (Lipinski definition) is 2. The third-order valence-electron chi connectivity index (χ3n) is 1.24. The Hall–Kier alpha value is -0.920.